The van der Waals surface area contributed by atoms with Crippen molar-refractivity contribution in [3.05, 3.63) is 115 Å². The van der Waals surface area contributed by atoms with E-state index < -0.39 is 0 Å². The van der Waals surface area contributed by atoms with E-state index in [4.69, 9.17) is 0 Å². The number of hydrogen-bond donors (Lipinski definition) is 0. The van der Waals surface area contributed by atoms with Gasteiger partial charge in [0.25, 0.3) is 0 Å². The minimum atomic E-state index is 0.481. The summed E-state index contributed by atoms with van der Waals surface area (Å²) in [7, 11) is 0. The van der Waals surface area contributed by atoms with Gasteiger partial charge in [-0.25, -0.2) is 0 Å². The van der Waals surface area contributed by atoms with E-state index in [1.54, 1.807) is 0 Å². The zero-order chi connectivity index (χ0) is 20.5. The molecule has 0 bridgehead atoms. The predicted octanol–water partition coefficient (Wildman–Crippen LogP) is 8.59. The van der Waals surface area contributed by atoms with E-state index in [1.807, 2.05) is 0 Å². The number of nitrogens with zero attached hydrogens (tertiary/aromatic N) is 1. The Morgan fingerprint density at radius 3 is 2.03 bits per heavy atom. The standard InChI is InChI=1S/C29H25N/c1-21(2)26-14-8-16-28-27(26)15-9-17-29(28)30(24-12-4-3-5-13-24)25-19-18-22-10-6-7-11-23(22)20-25/h3-21H,1-2H3. The van der Waals surface area contributed by atoms with Crippen molar-refractivity contribution in [3.63, 3.8) is 0 Å². The molecule has 0 aliphatic heterocycles. The maximum Gasteiger partial charge on any atom is 0.0540 e. The van der Waals surface area contributed by atoms with Crippen molar-refractivity contribution in [2.24, 2.45) is 0 Å². The Labute approximate surface area is 178 Å². The topological polar surface area (TPSA) is 3.24 Å². The van der Waals surface area contributed by atoms with E-state index in [9.17, 15) is 0 Å². The molecule has 0 unspecified atom stereocenters. The number of hydrogen-bond acceptors (Lipinski definition) is 1. The van der Waals surface area contributed by atoms with Crippen LogP contribution < -0.4 is 4.90 Å². The molecule has 0 N–H and O–H groups in total. The van der Waals surface area contributed by atoms with Gasteiger partial charge >= 0.3 is 0 Å². The monoisotopic (exact) mass is 387 g/mol. The molecular formula is C29H25N. The molecule has 0 heterocycles. The van der Waals surface area contributed by atoms with Crippen molar-refractivity contribution in [2.75, 3.05) is 4.90 Å². The van der Waals surface area contributed by atoms with Gasteiger partial charge in [0.2, 0.25) is 0 Å². The van der Waals surface area contributed by atoms with Gasteiger partial charge in [0.15, 0.2) is 0 Å². The molecule has 0 saturated carbocycles. The highest BCUT2D eigenvalue weighted by atomic mass is 15.1. The second-order valence-corrected chi connectivity index (χ2v) is 8.08. The van der Waals surface area contributed by atoms with Crippen molar-refractivity contribution >= 4 is 38.6 Å². The molecule has 0 aliphatic rings. The fraction of sp³-hybridized carbons (Fsp3) is 0.103. The lowest BCUT2D eigenvalue weighted by molar-refractivity contribution is 0.876. The first-order valence-electron chi connectivity index (χ1n) is 10.6. The van der Waals surface area contributed by atoms with Gasteiger partial charge in [-0.3, -0.25) is 0 Å². The maximum atomic E-state index is 2.37. The third kappa shape index (κ3) is 3.23. The molecule has 0 radical (unpaired) electrons. The van der Waals surface area contributed by atoms with Crippen LogP contribution in [-0.4, -0.2) is 0 Å². The number of para-hydroxylation sites is 1. The Hall–Kier alpha value is -3.58. The van der Waals surface area contributed by atoms with Gasteiger partial charge < -0.3 is 4.90 Å². The Kier molecular flexibility index (Phi) is 4.72. The van der Waals surface area contributed by atoms with Crippen molar-refractivity contribution < 1.29 is 0 Å². The quantitative estimate of drug-likeness (QED) is 0.298. The molecule has 0 aliphatic carbocycles. The van der Waals surface area contributed by atoms with Gasteiger partial charge in [0.1, 0.15) is 0 Å². The van der Waals surface area contributed by atoms with Crippen molar-refractivity contribution in [2.45, 2.75) is 19.8 Å². The molecular weight excluding hydrogens is 362 g/mol. The van der Waals surface area contributed by atoms with Crippen LogP contribution in [0, 0.1) is 0 Å². The fourth-order valence-corrected chi connectivity index (χ4v) is 4.34. The van der Waals surface area contributed by atoms with E-state index in [2.05, 4.69) is 128 Å². The summed E-state index contributed by atoms with van der Waals surface area (Å²) in [4.78, 5) is 2.37. The van der Waals surface area contributed by atoms with Crippen LogP contribution in [0.4, 0.5) is 17.1 Å². The molecule has 0 atom stereocenters. The highest BCUT2D eigenvalue weighted by molar-refractivity contribution is 6.01. The Morgan fingerprint density at radius 1 is 0.533 bits per heavy atom. The van der Waals surface area contributed by atoms with E-state index >= 15 is 0 Å². The lowest BCUT2D eigenvalue weighted by Crippen LogP contribution is -2.10. The van der Waals surface area contributed by atoms with Gasteiger partial charge in [-0.2, -0.15) is 0 Å². The molecule has 0 fully saturated rings. The molecule has 5 aromatic rings. The van der Waals surface area contributed by atoms with E-state index in [-0.39, 0.29) is 0 Å². The average molecular weight is 388 g/mol. The summed E-state index contributed by atoms with van der Waals surface area (Å²) in [6, 6.07) is 39.2. The summed E-state index contributed by atoms with van der Waals surface area (Å²) >= 11 is 0. The van der Waals surface area contributed by atoms with Crippen molar-refractivity contribution in [3.8, 4) is 0 Å². The summed E-state index contributed by atoms with van der Waals surface area (Å²) in [6.45, 7) is 4.53. The van der Waals surface area contributed by atoms with Crippen LogP contribution in [0.2, 0.25) is 0 Å². The summed E-state index contributed by atoms with van der Waals surface area (Å²) in [5.74, 6) is 0.481. The molecule has 0 aromatic heterocycles. The second kappa shape index (κ2) is 7.68. The maximum absolute atomic E-state index is 2.37. The molecule has 0 saturated heterocycles. The van der Waals surface area contributed by atoms with Crippen LogP contribution in [0.3, 0.4) is 0 Å². The van der Waals surface area contributed by atoms with Crippen LogP contribution in [0.1, 0.15) is 25.3 Å². The van der Waals surface area contributed by atoms with Crippen LogP contribution in [0.5, 0.6) is 0 Å². The third-order valence-corrected chi connectivity index (χ3v) is 5.80. The zero-order valence-corrected chi connectivity index (χ0v) is 17.4. The number of rotatable bonds is 4. The molecule has 0 amide bonds. The van der Waals surface area contributed by atoms with Crippen LogP contribution in [-0.2, 0) is 0 Å². The molecule has 1 heteroatoms. The number of fused-ring (bicyclic) bond motifs is 2. The molecule has 1 nitrogen and oxygen atoms in total. The van der Waals surface area contributed by atoms with Gasteiger partial charge in [-0.05, 0) is 58.0 Å². The van der Waals surface area contributed by atoms with E-state index in [0.29, 0.717) is 5.92 Å². The average Bonchev–Trinajstić information content (AvgIpc) is 2.79. The minimum Gasteiger partial charge on any atom is -0.310 e. The van der Waals surface area contributed by atoms with E-state index in [0.717, 1.165) is 5.69 Å². The SMILES string of the molecule is CC(C)c1cccc2c(N(c3ccccc3)c3ccc4ccccc4c3)cccc12. The highest BCUT2D eigenvalue weighted by Gasteiger charge is 2.16. The lowest BCUT2D eigenvalue weighted by Gasteiger charge is -2.27. The number of benzene rings is 5. The highest BCUT2D eigenvalue weighted by Crippen LogP contribution is 2.40. The smallest absolute Gasteiger partial charge is 0.0540 e. The second-order valence-electron chi connectivity index (χ2n) is 8.08. The summed E-state index contributed by atoms with van der Waals surface area (Å²) in [5.41, 5.74) is 4.93. The molecule has 146 valence electrons. The van der Waals surface area contributed by atoms with Gasteiger partial charge in [0, 0.05) is 16.8 Å². The van der Waals surface area contributed by atoms with Crippen LogP contribution >= 0.6 is 0 Å². The molecule has 5 rings (SSSR count). The molecule has 0 spiro atoms. The number of anilines is 3. The summed E-state index contributed by atoms with van der Waals surface area (Å²) in [5, 5.41) is 5.11. The summed E-state index contributed by atoms with van der Waals surface area (Å²) in [6.07, 6.45) is 0. The summed E-state index contributed by atoms with van der Waals surface area (Å²) < 4.78 is 0. The normalized spacial score (nSPS) is 11.3. The Bertz CT molecular complexity index is 1320. The first-order valence-corrected chi connectivity index (χ1v) is 10.6. The Morgan fingerprint density at radius 2 is 1.23 bits per heavy atom. The zero-order valence-electron chi connectivity index (χ0n) is 17.4. The van der Waals surface area contributed by atoms with Gasteiger partial charge in [0.05, 0.1) is 5.69 Å². The Balaban J connectivity index is 1.79. The largest absolute Gasteiger partial charge is 0.310 e. The van der Waals surface area contributed by atoms with Gasteiger partial charge in [-0.15, -0.1) is 0 Å². The predicted molar refractivity (Wildman–Crippen MR) is 130 cm³/mol. The van der Waals surface area contributed by atoms with Crippen LogP contribution in [0.15, 0.2) is 109 Å². The van der Waals surface area contributed by atoms with E-state index in [1.165, 1.54) is 38.5 Å². The first kappa shape index (κ1) is 18.4. The lowest BCUT2D eigenvalue weighted by atomic mass is 9.95. The van der Waals surface area contributed by atoms with Crippen LogP contribution in [0.25, 0.3) is 21.5 Å². The fourth-order valence-electron chi connectivity index (χ4n) is 4.34. The van der Waals surface area contributed by atoms with Crippen molar-refractivity contribution in [1.82, 2.24) is 0 Å². The third-order valence-electron chi connectivity index (χ3n) is 5.80. The minimum absolute atomic E-state index is 0.481. The molecule has 30 heavy (non-hydrogen) atoms. The van der Waals surface area contributed by atoms with Crippen molar-refractivity contribution in [1.29, 1.82) is 0 Å². The first-order chi connectivity index (χ1) is 14.7. The van der Waals surface area contributed by atoms with Gasteiger partial charge in [-0.1, -0.05) is 92.7 Å². The molecule has 5 aromatic carbocycles.